The number of nitrogens with zero attached hydrogens (tertiary/aromatic N) is 2. The average molecular weight is 281 g/mol. The number of amides is 2. The number of fused-ring (bicyclic) bond motifs is 1. The van der Waals surface area contributed by atoms with Crippen LogP contribution in [0.3, 0.4) is 0 Å². The summed E-state index contributed by atoms with van der Waals surface area (Å²) in [7, 11) is 0. The van der Waals surface area contributed by atoms with Gasteiger partial charge in [0.25, 0.3) is 0 Å². The number of hydrogen-bond donors (Lipinski definition) is 1. The van der Waals surface area contributed by atoms with Gasteiger partial charge in [-0.05, 0) is 12.8 Å². The van der Waals surface area contributed by atoms with Crippen LogP contribution in [0.5, 0.6) is 0 Å². The van der Waals surface area contributed by atoms with Crippen LogP contribution in [0, 0.1) is 0 Å². The van der Waals surface area contributed by atoms with E-state index >= 15 is 0 Å². The van der Waals surface area contributed by atoms with Gasteiger partial charge in [-0.2, -0.15) is 0 Å². The Morgan fingerprint density at radius 1 is 1.37 bits per heavy atom. The first-order valence-electron chi connectivity index (χ1n) is 7.06. The molecule has 1 saturated carbocycles. The molecule has 0 spiro atoms. The predicted molar refractivity (Wildman–Crippen MR) is 75.0 cm³/mol. The molecule has 0 bridgehead atoms. The van der Waals surface area contributed by atoms with Gasteiger partial charge in [0.05, 0.1) is 6.54 Å². The molecular formula is C13H19N3O2S. The summed E-state index contributed by atoms with van der Waals surface area (Å²) in [6.45, 7) is 1.39. The fourth-order valence-corrected chi connectivity index (χ4v) is 4.11. The quantitative estimate of drug-likeness (QED) is 0.844. The van der Waals surface area contributed by atoms with Crippen molar-refractivity contribution in [2.75, 3.05) is 13.1 Å². The molecule has 6 heteroatoms. The number of carbonyl (C=O) groups excluding carboxylic acids is 2. The molecule has 3 aliphatic rings. The molecule has 2 fully saturated rings. The van der Waals surface area contributed by atoms with E-state index in [1.165, 1.54) is 31.0 Å². The van der Waals surface area contributed by atoms with Gasteiger partial charge in [0, 0.05) is 19.0 Å². The number of rotatable bonds is 3. The second-order valence-corrected chi connectivity index (χ2v) is 6.54. The van der Waals surface area contributed by atoms with E-state index in [1.807, 2.05) is 0 Å². The van der Waals surface area contributed by atoms with Crippen LogP contribution < -0.4 is 5.32 Å². The molecule has 0 unspecified atom stereocenters. The van der Waals surface area contributed by atoms with Crippen molar-refractivity contribution in [2.45, 2.75) is 49.8 Å². The van der Waals surface area contributed by atoms with E-state index in [9.17, 15) is 9.59 Å². The number of carbonyl (C=O) groups is 2. The lowest BCUT2D eigenvalue weighted by molar-refractivity contribution is -0.129. The van der Waals surface area contributed by atoms with Gasteiger partial charge >= 0.3 is 0 Å². The zero-order valence-electron chi connectivity index (χ0n) is 10.9. The van der Waals surface area contributed by atoms with Crippen LogP contribution in [0.2, 0.25) is 0 Å². The van der Waals surface area contributed by atoms with Crippen LogP contribution in [0.15, 0.2) is 4.99 Å². The molecule has 0 aromatic carbocycles. The molecule has 1 aliphatic carbocycles. The highest BCUT2D eigenvalue weighted by Crippen LogP contribution is 2.31. The topological polar surface area (TPSA) is 61.8 Å². The second-order valence-electron chi connectivity index (χ2n) is 5.37. The lowest BCUT2D eigenvalue weighted by atomic mass is 9.95. The van der Waals surface area contributed by atoms with E-state index in [2.05, 4.69) is 10.3 Å². The largest absolute Gasteiger partial charge is 0.353 e. The van der Waals surface area contributed by atoms with Crippen LogP contribution in [0.25, 0.3) is 0 Å². The Morgan fingerprint density at radius 3 is 2.89 bits per heavy atom. The van der Waals surface area contributed by atoms with Crippen molar-refractivity contribution < 1.29 is 9.59 Å². The number of amidine groups is 1. The first-order chi connectivity index (χ1) is 9.24. The van der Waals surface area contributed by atoms with Crippen molar-refractivity contribution in [2.24, 2.45) is 4.99 Å². The lowest BCUT2D eigenvalue weighted by Gasteiger charge is -2.23. The van der Waals surface area contributed by atoms with Gasteiger partial charge in [0.1, 0.15) is 5.25 Å². The molecule has 5 nitrogen and oxygen atoms in total. The molecule has 2 amide bonds. The number of hydrogen-bond acceptors (Lipinski definition) is 4. The fraction of sp³-hybridized carbons (Fsp3) is 0.769. The van der Waals surface area contributed by atoms with Gasteiger partial charge in [-0.15, -0.1) is 0 Å². The Labute approximate surface area is 117 Å². The molecule has 104 valence electrons. The van der Waals surface area contributed by atoms with Crippen molar-refractivity contribution in [3.05, 3.63) is 0 Å². The monoisotopic (exact) mass is 281 g/mol. The number of nitrogens with one attached hydrogen (secondary N) is 1. The molecule has 0 radical (unpaired) electrons. The van der Waals surface area contributed by atoms with Crippen molar-refractivity contribution in [3.8, 4) is 0 Å². The molecule has 3 rings (SSSR count). The highest BCUT2D eigenvalue weighted by Gasteiger charge is 2.40. The average Bonchev–Trinajstić information content (AvgIpc) is 2.96. The summed E-state index contributed by atoms with van der Waals surface area (Å²) >= 11 is 1.45. The molecule has 1 saturated heterocycles. The molecule has 2 aliphatic heterocycles. The minimum atomic E-state index is -0.261. The molecule has 1 N–H and O–H groups in total. The Hall–Kier alpha value is -1.04. The highest BCUT2D eigenvalue weighted by molar-refractivity contribution is 8.15. The SMILES string of the molecule is O=C(C[C@@H]1SC2=NCCN2C1=O)NC1CCCCC1. The maximum Gasteiger partial charge on any atom is 0.242 e. The van der Waals surface area contributed by atoms with Crippen LogP contribution in [-0.2, 0) is 9.59 Å². The van der Waals surface area contributed by atoms with E-state index in [0.29, 0.717) is 19.1 Å². The summed E-state index contributed by atoms with van der Waals surface area (Å²) in [6, 6.07) is 0.319. The summed E-state index contributed by atoms with van der Waals surface area (Å²) in [5, 5.41) is 3.61. The summed E-state index contributed by atoms with van der Waals surface area (Å²) in [4.78, 5) is 30.0. The normalized spacial score (nSPS) is 27.4. The first-order valence-corrected chi connectivity index (χ1v) is 7.94. The summed E-state index contributed by atoms with van der Waals surface area (Å²) in [5.74, 6) is 0.0690. The number of aliphatic imine (C=N–C) groups is 1. The third kappa shape index (κ3) is 2.78. The van der Waals surface area contributed by atoms with Crippen molar-refractivity contribution in [3.63, 3.8) is 0 Å². The Balaban J connectivity index is 1.51. The van der Waals surface area contributed by atoms with E-state index < -0.39 is 0 Å². The maximum absolute atomic E-state index is 12.1. The fourth-order valence-electron chi connectivity index (χ4n) is 2.91. The van der Waals surface area contributed by atoms with Crippen LogP contribution in [-0.4, -0.2) is 46.3 Å². The van der Waals surface area contributed by atoms with Crippen molar-refractivity contribution in [1.29, 1.82) is 0 Å². The second kappa shape index (κ2) is 5.53. The smallest absolute Gasteiger partial charge is 0.242 e. The Bertz CT molecular complexity index is 418. The van der Waals surface area contributed by atoms with E-state index in [-0.39, 0.29) is 23.5 Å². The summed E-state index contributed by atoms with van der Waals surface area (Å²) in [6.07, 6.45) is 6.12. The minimum absolute atomic E-state index is 0.0134. The van der Waals surface area contributed by atoms with Gasteiger partial charge in [0.2, 0.25) is 11.8 Å². The van der Waals surface area contributed by atoms with Gasteiger partial charge < -0.3 is 5.32 Å². The highest BCUT2D eigenvalue weighted by atomic mass is 32.2. The maximum atomic E-state index is 12.1. The standard InChI is InChI=1S/C13H19N3O2S/c17-11(15-9-4-2-1-3-5-9)8-10-12(18)16-7-6-14-13(16)19-10/h9-10H,1-8H2,(H,15,17)/t10-/m0/s1. The molecule has 0 aromatic heterocycles. The van der Waals surface area contributed by atoms with Crippen LogP contribution >= 0.6 is 11.8 Å². The van der Waals surface area contributed by atoms with Crippen molar-refractivity contribution in [1.82, 2.24) is 10.2 Å². The van der Waals surface area contributed by atoms with Gasteiger partial charge in [0.15, 0.2) is 5.17 Å². The molecule has 0 aromatic rings. The van der Waals surface area contributed by atoms with Crippen LogP contribution in [0.1, 0.15) is 38.5 Å². The van der Waals surface area contributed by atoms with Gasteiger partial charge in [-0.1, -0.05) is 31.0 Å². The minimum Gasteiger partial charge on any atom is -0.353 e. The third-order valence-corrected chi connectivity index (χ3v) is 5.14. The van der Waals surface area contributed by atoms with Gasteiger partial charge in [-0.25, -0.2) is 0 Å². The van der Waals surface area contributed by atoms with E-state index in [0.717, 1.165) is 18.0 Å². The molecular weight excluding hydrogens is 262 g/mol. The van der Waals surface area contributed by atoms with Crippen LogP contribution in [0.4, 0.5) is 0 Å². The number of thioether (sulfide) groups is 1. The van der Waals surface area contributed by atoms with Crippen molar-refractivity contribution >= 4 is 28.7 Å². The van der Waals surface area contributed by atoms with E-state index in [1.54, 1.807) is 4.90 Å². The Morgan fingerprint density at radius 2 is 2.16 bits per heavy atom. The third-order valence-electron chi connectivity index (χ3n) is 3.93. The lowest BCUT2D eigenvalue weighted by Crippen LogP contribution is -2.39. The molecule has 19 heavy (non-hydrogen) atoms. The first kappa shape index (κ1) is 13.0. The Kier molecular flexibility index (Phi) is 3.77. The van der Waals surface area contributed by atoms with E-state index in [4.69, 9.17) is 0 Å². The molecule has 2 heterocycles. The molecule has 1 atom stereocenters. The van der Waals surface area contributed by atoms with Gasteiger partial charge in [-0.3, -0.25) is 19.5 Å². The zero-order chi connectivity index (χ0) is 13.2. The summed E-state index contributed by atoms with van der Waals surface area (Å²) < 4.78 is 0. The predicted octanol–water partition coefficient (Wildman–Crippen LogP) is 1.14. The summed E-state index contributed by atoms with van der Waals surface area (Å²) in [5.41, 5.74) is 0. The zero-order valence-corrected chi connectivity index (χ0v) is 11.7.